The number of rotatable bonds is 2. The summed E-state index contributed by atoms with van der Waals surface area (Å²) in [5.74, 6) is 2.22. The minimum absolute atomic E-state index is 0.478. The Morgan fingerprint density at radius 3 is 2.33 bits per heavy atom. The molecule has 1 saturated carbocycles. The van der Waals surface area contributed by atoms with Gasteiger partial charge in [0.15, 0.2) is 0 Å². The quantitative estimate of drug-likeness (QED) is 0.696. The molecule has 0 aromatic heterocycles. The van der Waals surface area contributed by atoms with Crippen LogP contribution >= 0.6 is 0 Å². The molecular weight excluding hydrogens is 186 g/mol. The summed E-state index contributed by atoms with van der Waals surface area (Å²) >= 11 is 0. The van der Waals surface area contributed by atoms with Crippen molar-refractivity contribution in [2.45, 2.75) is 52.0 Å². The average molecular weight is 209 g/mol. The molecule has 0 N–H and O–H groups in total. The molecule has 0 spiro atoms. The normalized spacial score (nSPS) is 30.3. The molecule has 0 aromatic carbocycles. The van der Waals surface area contributed by atoms with E-state index in [1.54, 1.807) is 0 Å². The van der Waals surface area contributed by atoms with Crippen molar-refractivity contribution in [3.63, 3.8) is 0 Å². The van der Waals surface area contributed by atoms with Crippen LogP contribution in [0.3, 0.4) is 0 Å². The van der Waals surface area contributed by atoms with Gasteiger partial charge < -0.3 is 0 Å². The first-order chi connectivity index (χ1) is 7.16. The molecule has 2 nitrogen and oxygen atoms in total. The van der Waals surface area contributed by atoms with Gasteiger partial charge in [-0.3, -0.25) is 9.69 Å². The van der Waals surface area contributed by atoms with E-state index in [0.29, 0.717) is 11.8 Å². The number of Topliss-reactive ketones (excluding diaryl/α,β-unsaturated/α-hetero) is 1. The zero-order chi connectivity index (χ0) is 10.8. The largest absolute Gasteiger partial charge is 0.300 e. The molecule has 1 aliphatic heterocycles. The monoisotopic (exact) mass is 209 g/mol. The molecule has 2 fully saturated rings. The van der Waals surface area contributed by atoms with Crippen LogP contribution in [-0.2, 0) is 4.79 Å². The lowest BCUT2D eigenvalue weighted by molar-refractivity contribution is -0.117. The molecule has 1 heterocycles. The van der Waals surface area contributed by atoms with Crippen molar-refractivity contribution < 1.29 is 4.79 Å². The number of nitrogens with zero attached hydrogens (tertiary/aromatic N) is 1. The summed E-state index contributed by atoms with van der Waals surface area (Å²) in [4.78, 5) is 13.8. The fourth-order valence-corrected chi connectivity index (χ4v) is 3.06. The third kappa shape index (κ3) is 2.60. The highest BCUT2D eigenvalue weighted by atomic mass is 16.1. The maximum atomic E-state index is 11.2. The number of ketones is 1. The van der Waals surface area contributed by atoms with Crippen LogP contribution in [0.4, 0.5) is 0 Å². The molecule has 0 radical (unpaired) electrons. The van der Waals surface area contributed by atoms with Crippen LogP contribution in [0, 0.1) is 11.8 Å². The molecule has 86 valence electrons. The van der Waals surface area contributed by atoms with E-state index in [1.165, 1.54) is 25.9 Å². The maximum absolute atomic E-state index is 11.2. The molecule has 1 saturated heterocycles. The van der Waals surface area contributed by atoms with Crippen LogP contribution in [0.2, 0.25) is 0 Å². The Morgan fingerprint density at radius 1 is 1.20 bits per heavy atom. The van der Waals surface area contributed by atoms with Gasteiger partial charge in [-0.2, -0.15) is 0 Å². The van der Waals surface area contributed by atoms with Crippen molar-refractivity contribution in [3.05, 3.63) is 0 Å². The lowest BCUT2D eigenvalue weighted by atomic mass is 9.86. The van der Waals surface area contributed by atoms with Crippen LogP contribution in [0.1, 0.15) is 46.0 Å². The van der Waals surface area contributed by atoms with Gasteiger partial charge in [0.25, 0.3) is 0 Å². The first-order valence-electron chi connectivity index (χ1n) is 6.42. The van der Waals surface area contributed by atoms with Gasteiger partial charge in [-0.15, -0.1) is 0 Å². The van der Waals surface area contributed by atoms with Crippen molar-refractivity contribution in [2.24, 2.45) is 11.8 Å². The summed E-state index contributed by atoms with van der Waals surface area (Å²) in [6.45, 7) is 7.11. The minimum Gasteiger partial charge on any atom is -0.300 e. The Bertz CT molecular complexity index is 229. The van der Waals surface area contributed by atoms with Crippen LogP contribution in [0.5, 0.6) is 0 Å². The summed E-state index contributed by atoms with van der Waals surface area (Å²) in [5, 5.41) is 0. The lowest BCUT2D eigenvalue weighted by Crippen LogP contribution is -2.41. The third-order valence-corrected chi connectivity index (χ3v) is 4.25. The number of piperidine rings is 1. The van der Waals surface area contributed by atoms with Crippen LogP contribution in [0.25, 0.3) is 0 Å². The molecule has 2 heteroatoms. The Balaban J connectivity index is 1.80. The molecule has 0 aromatic rings. The molecule has 1 unspecified atom stereocenters. The van der Waals surface area contributed by atoms with Gasteiger partial charge in [0.2, 0.25) is 0 Å². The fraction of sp³-hybridized carbons (Fsp3) is 0.923. The van der Waals surface area contributed by atoms with Crippen molar-refractivity contribution >= 4 is 5.78 Å². The number of hydrogen-bond donors (Lipinski definition) is 0. The van der Waals surface area contributed by atoms with Gasteiger partial charge in [0.05, 0.1) is 0 Å². The molecule has 2 aliphatic rings. The van der Waals surface area contributed by atoms with Crippen LogP contribution in [0.15, 0.2) is 0 Å². The van der Waals surface area contributed by atoms with Crippen LogP contribution in [-0.4, -0.2) is 29.8 Å². The standard InChI is InChI=1S/C13H23NO/c1-10(2)11-5-7-14(8-6-11)12-3-4-13(15)9-12/h10-12H,3-9H2,1-2H3. The Morgan fingerprint density at radius 2 is 1.87 bits per heavy atom. The minimum atomic E-state index is 0.478. The molecule has 0 amide bonds. The Kier molecular flexibility index (Phi) is 3.45. The van der Waals surface area contributed by atoms with E-state index < -0.39 is 0 Å². The summed E-state index contributed by atoms with van der Waals surface area (Å²) in [6.07, 6.45) is 5.44. The SMILES string of the molecule is CC(C)C1CCN(C2CCC(=O)C2)CC1. The van der Waals surface area contributed by atoms with E-state index in [9.17, 15) is 4.79 Å². The molecule has 1 aliphatic carbocycles. The highest BCUT2D eigenvalue weighted by Crippen LogP contribution is 2.29. The molecular formula is C13H23NO. The summed E-state index contributed by atoms with van der Waals surface area (Å²) in [7, 11) is 0. The summed E-state index contributed by atoms with van der Waals surface area (Å²) < 4.78 is 0. The smallest absolute Gasteiger partial charge is 0.134 e. The average Bonchev–Trinajstić information content (AvgIpc) is 2.65. The maximum Gasteiger partial charge on any atom is 0.134 e. The fourth-order valence-electron chi connectivity index (χ4n) is 3.06. The van der Waals surface area contributed by atoms with Crippen molar-refractivity contribution in [3.8, 4) is 0 Å². The highest BCUT2D eigenvalue weighted by Gasteiger charge is 2.30. The van der Waals surface area contributed by atoms with Crippen molar-refractivity contribution in [1.82, 2.24) is 4.90 Å². The second-order valence-electron chi connectivity index (χ2n) is 5.55. The zero-order valence-electron chi connectivity index (χ0n) is 10.0. The molecule has 0 bridgehead atoms. The third-order valence-electron chi connectivity index (χ3n) is 4.25. The van der Waals surface area contributed by atoms with Crippen molar-refractivity contribution in [1.29, 1.82) is 0 Å². The second kappa shape index (κ2) is 4.65. The number of hydrogen-bond acceptors (Lipinski definition) is 2. The van der Waals surface area contributed by atoms with Crippen LogP contribution < -0.4 is 0 Å². The van der Waals surface area contributed by atoms with E-state index in [2.05, 4.69) is 18.7 Å². The summed E-state index contributed by atoms with van der Waals surface area (Å²) in [6, 6.07) is 0.589. The van der Waals surface area contributed by atoms with E-state index in [1.807, 2.05) is 0 Å². The molecule has 1 atom stereocenters. The predicted octanol–water partition coefficient (Wildman–Crippen LogP) is 2.48. The Labute approximate surface area is 93.0 Å². The number of carbonyl (C=O) groups excluding carboxylic acids is 1. The Hall–Kier alpha value is -0.370. The van der Waals surface area contributed by atoms with E-state index in [0.717, 1.165) is 31.1 Å². The number of carbonyl (C=O) groups is 1. The number of likely N-dealkylation sites (tertiary alicyclic amines) is 1. The topological polar surface area (TPSA) is 20.3 Å². The summed E-state index contributed by atoms with van der Waals surface area (Å²) in [5.41, 5.74) is 0. The lowest BCUT2D eigenvalue weighted by Gasteiger charge is -2.37. The van der Waals surface area contributed by atoms with Crippen molar-refractivity contribution in [2.75, 3.05) is 13.1 Å². The predicted molar refractivity (Wildman–Crippen MR) is 61.8 cm³/mol. The highest BCUT2D eigenvalue weighted by molar-refractivity contribution is 5.81. The van der Waals surface area contributed by atoms with Gasteiger partial charge in [0, 0.05) is 18.9 Å². The van der Waals surface area contributed by atoms with Gasteiger partial charge in [0.1, 0.15) is 5.78 Å². The molecule has 15 heavy (non-hydrogen) atoms. The first kappa shape index (κ1) is 11.1. The van der Waals surface area contributed by atoms with Gasteiger partial charge in [-0.1, -0.05) is 13.8 Å². The second-order valence-corrected chi connectivity index (χ2v) is 5.55. The van der Waals surface area contributed by atoms with Gasteiger partial charge >= 0.3 is 0 Å². The van der Waals surface area contributed by atoms with E-state index >= 15 is 0 Å². The molecule has 2 rings (SSSR count). The van der Waals surface area contributed by atoms with E-state index in [-0.39, 0.29) is 0 Å². The zero-order valence-corrected chi connectivity index (χ0v) is 10.0. The first-order valence-corrected chi connectivity index (χ1v) is 6.42. The van der Waals surface area contributed by atoms with Gasteiger partial charge in [-0.05, 0) is 44.2 Å². The van der Waals surface area contributed by atoms with Gasteiger partial charge in [-0.25, -0.2) is 0 Å². The van der Waals surface area contributed by atoms with E-state index in [4.69, 9.17) is 0 Å².